The SMILES string of the molecule is COc1ccc(OC)c(-c2cc(C(=O)Nc3cnc(-c4cccc(O)c4)nc3)no2)c1. The quantitative estimate of drug-likeness (QED) is 0.486. The van der Waals surface area contributed by atoms with Gasteiger partial charge in [-0.25, -0.2) is 9.97 Å². The Bertz CT molecular complexity index is 1220. The summed E-state index contributed by atoms with van der Waals surface area (Å²) in [6.45, 7) is 0. The minimum atomic E-state index is -0.481. The second-order valence-electron chi connectivity index (χ2n) is 6.44. The molecule has 2 N–H and O–H groups in total. The van der Waals surface area contributed by atoms with Crippen molar-refractivity contribution in [1.29, 1.82) is 0 Å². The fourth-order valence-electron chi connectivity index (χ4n) is 2.90. The van der Waals surface area contributed by atoms with Gasteiger partial charge < -0.3 is 24.4 Å². The molecule has 0 saturated carbocycles. The zero-order valence-electron chi connectivity index (χ0n) is 16.7. The van der Waals surface area contributed by atoms with Crippen molar-refractivity contribution in [2.24, 2.45) is 0 Å². The summed E-state index contributed by atoms with van der Waals surface area (Å²) in [4.78, 5) is 21.0. The van der Waals surface area contributed by atoms with Crippen LogP contribution in [0.2, 0.25) is 0 Å². The van der Waals surface area contributed by atoms with E-state index in [2.05, 4.69) is 20.4 Å². The highest BCUT2D eigenvalue weighted by Crippen LogP contribution is 2.33. The Morgan fingerprint density at radius 1 is 1.03 bits per heavy atom. The van der Waals surface area contributed by atoms with E-state index in [-0.39, 0.29) is 11.4 Å². The molecule has 9 heteroatoms. The van der Waals surface area contributed by atoms with Gasteiger partial charge in [0.2, 0.25) is 0 Å². The van der Waals surface area contributed by atoms with Gasteiger partial charge in [0, 0.05) is 11.6 Å². The number of carbonyl (C=O) groups excluding carboxylic acids is 1. The molecule has 0 spiro atoms. The average Bonchev–Trinajstić information content (AvgIpc) is 3.29. The molecular formula is C22H18N4O5. The predicted octanol–water partition coefficient (Wildman–Crippen LogP) is 3.77. The van der Waals surface area contributed by atoms with Crippen LogP contribution in [0, 0.1) is 0 Å². The number of aromatic hydroxyl groups is 1. The number of methoxy groups -OCH3 is 2. The number of aromatic nitrogens is 3. The fourth-order valence-corrected chi connectivity index (χ4v) is 2.90. The number of anilines is 1. The Labute approximate surface area is 177 Å². The molecule has 2 aromatic heterocycles. The normalized spacial score (nSPS) is 10.5. The lowest BCUT2D eigenvalue weighted by atomic mass is 10.1. The molecule has 2 aromatic carbocycles. The molecule has 0 aliphatic rings. The minimum Gasteiger partial charge on any atom is -0.508 e. The maximum Gasteiger partial charge on any atom is 0.277 e. The van der Waals surface area contributed by atoms with E-state index < -0.39 is 5.91 Å². The van der Waals surface area contributed by atoms with E-state index >= 15 is 0 Å². The van der Waals surface area contributed by atoms with Gasteiger partial charge in [0.05, 0.1) is 37.9 Å². The van der Waals surface area contributed by atoms with Crippen LogP contribution in [0.3, 0.4) is 0 Å². The molecule has 156 valence electrons. The topological polar surface area (TPSA) is 120 Å². The summed E-state index contributed by atoms with van der Waals surface area (Å²) in [5.41, 5.74) is 1.73. The van der Waals surface area contributed by atoms with Crippen molar-refractivity contribution >= 4 is 11.6 Å². The summed E-state index contributed by atoms with van der Waals surface area (Å²) in [6.07, 6.45) is 2.94. The highest BCUT2D eigenvalue weighted by Gasteiger charge is 2.18. The molecule has 0 fully saturated rings. The molecule has 0 aliphatic carbocycles. The third-order valence-corrected chi connectivity index (χ3v) is 4.43. The van der Waals surface area contributed by atoms with Crippen LogP contribution in [0.4, 0.5) is 5.69 Å². The second kappa shape index (κ2) is 8.54. The van der Waals surface area contributed by atoms with Crippen LogP contribution in [-0.4, -0.2) is 40.4 Å². The monoisotopic (exact) mass is 418 g/mol. The molecule has 9 nitrogen and oxygen atoms in total. The smallest absolute Gasteiger partial charge is 0.277 e. The zero-order chi connectivity index (χ0) is 21.8. The lowest BCUT2D eigenvalue weighted by Gasteiger charge is -2.07. The van der Waals surface area contributed by atoms with E-state index in [4.69, 9.17) is 14.0 Å². The second-order valence-corrected chi connectivity index (χ2v) is 6.44. The zero-order valence-corrected chi connectivity index (χ0v) is 16.7. The van der Waals surface area contributed by atoms with E-state index in [1.165, 1.54) is 25.6 Å². The van der Waals surface area contributed by atoms with Crippen LogP contribution >= 0.6 is 0 Å². The van der Waals surface area contributed by atoms with E-state index in [1.54, 1.807) is 49.6 Å². The molecule has 0 unspecified atom stereocenters. The maximum absolute atomic E-state index is 12.6. The van der Waals surface area contributed by atoms with Gasteiger partial charge in [0.25, 0.3) is 5.91 Å². The maximum atomic E-state index is 12.6. The third-order valence-electron chi connectivity index (χ3n) is 4.43. The van der Waals surface area contributed by atoms with Crippen molar-refractivity contribution in [3.05, 3.63) is 66.6 Å². The van der Waals surface area contributed by atoms with E-state index in [0.29, 0.717) is 39.9 Å². The summed E-state index contributed by atoms with van der Waals surface area (Å²) < 4.78 is 15.9. The Morgan fingerprint density at radius 3 is 2.55 bits per heavy atom. The first-order valence-corrected chi connectivity index (χ1v) is 9.19. The third kappa shape index (κ3) is 4.30. The number of nitrogens with one attached hydrogen (secondary N) is 1. The van der Waals surface area contributed by atoms with Crippen LogP contribution in [-0.2, 0) is 0 Å². The number of nitrogens with zero attached hydrogens (tertiary/aromatic N) is 3. The molecular weight excluding hydrogens is 400 g/mol. The average molecular weight is 418 g/mol. The first-order chi connectivity index (χ1) is 15.1. The van der Waals surface area contributed by atoms with Crippen LogP contribution < -0.4 is 14.8 Å². The van der Waals surface area contributed by atoms with Crippen LogP contribution in [0.1, 0.15) is 10.5 Å². The van der Waals surface area contributed by atoms with Crippen molar-refractivity contribution < 1.29 is 23.9 Å². The Hall–Kier alpha value is -4.40. The van der Waals surface area contributed by atoms with Gasteiger partial charge in [-0.3, -0.25) is 4.79 Å². The first kappa shape index (κ1) is 19.9. The summed E-state index contributed by atoms with van der Waals surface area (Å²) in [5, 5.41) is 16.1. The summed E-state index contributed by atoms with van der Waals surface area (Å²) in [5.74, 6) is 1.58. The van der Waals surface area contributed by atoms with Gasteiger partial charge in [0.15, 0.2) is 17.3 Å². The van der Waals surface area contributed by atoms with Crippen molar-refractivity contribution in [3.63, 3.8) is 0 Å². The van der Waals surface area contributed by atoms with Crippen LogP contribution in [0.25, 0.3) is 22.7 Å². The fraction of sp³-hybridized carbons (Fsp3) is 0.0909. The molecule has 0 saturated heterocycles. The molecule has 31 heavy (non-hydrogen) atoms. The molecule has 0 radical (unpaired) electrons. The number of hydrogen-bond acceptors (Lipinski definition) is 8. The number of hydrogen-bond donors (Lipinski definition) is 2. The van der Waals surface area contributed by atoms with E-state index in [1.807, 2.05) is 0 Å². The summed E-state index contributed by atoms with van der Waals surface area (Å²) in [6, 6.07) is 13.3. The lowest BCUT2D eigenvalue weighted by molar-refractivity contribution is 0.101. The van der Waals surface area contributed by atoms with Gasteiger partial charge in [-0.05, 0) is 30.3 Å². The highest BCUT2D eigenvalue weighted by molar-refractivity contribution is 6.03. The van der Waals surface area contributed by atoms with E-state index in [0.717, 1.165) is 0 Å². The predicted molar refractivity (Wildman–Crippen MR) is 112 cm³/mol. The van der Waals surface area contributed by atoms with Gasteiger partial charge in [-0.1, -0.05) is 17.3 Å². The van der Waals surface area contributed by atoms with Crippen molar-refractivity contribution in [1.82, 2.24) is 15.1 Å². The first-order valence-electron chi connectivity index (χ1n) is 9.19. The van der Waals surface area contributed by atoms with Crippen molar-refractivity contribution in [2.45, 2.75) is 0 Å². The standard InChI is InChI=1S/C22H18N4O5/c1-29-16-6-7-19(30-2)17(9-16)20-10-18(26-31-20)22(28)25-14-11-23-21(24-12-14)13-4-3-5-15(27)8-13/h3-12,27H,1-2H3,(H,25,28). The Morgan fingerprint density at radius 2 is 1.84 bits per heavy atom. The number of phenolic OH excluding ortho intramolecular Hbond substituents is 1. The number of benzene rings is 2. The van der Waals surface area contributed by atoms with Crippen LogP contribution in [0.5, 0.6) is 17.2 Å². The number of carbonyl (C=O) groups is 1. The van der Waals surface area contributed by atoms with Gasteiger partial charge in [-0.2, -0.15) is 0 Å². The Balaban J connectivity index is 1.51. The van der Waals surface area contributed by atoms with Crippen molar-refractivity contribution in [3.8, 4) is 40.0 Å². The van der Waals surface area contributed by atoms with E-state index in [9.17, 15) is 9.90 Å². The molecule has 2 heterocycles. The molecule has 0 atom stereocenters. The molecule has 1 amide bonds. The molecule has 4 aromatic rings. The van der Waals surface area contributed by atoms with Gasteiger partial charge in [0.1, 0.15) is 17.2 Å². The van der Waals surface area contributed by atoms with Gasteiger partial charge >= 0.3 is 0 Å². The molecule has 0 aliphatic heterocycles. The molecule has 4 rings (SSSR count). The number of phenols is 1. The van der Waals surface area contributed by atoms with Crippen LogP contribution in [0.15, 0.2) is 65.4 Å². The summed E-state index contributed by atoms with van der Waals surface area (Å²) in [7, 11) is 3.09. The minimum absolute atomic E-state index is 0.0805. The lowest BCUT2D eigenvalue weighted by Crippen LogP contribution is -2.12. The van der Waals surface area contributed by atoms with Gasteiger partial charge in [-0.15, -0.1) is 0 Å². The molecule has 0 bridgehead atoms. The number of ether oxygens (including phenoxy) is 2. The summed E-state index contributed by atoms with van der Waals surface area (Å²) >= 11 is 0. The van der Waals surface area contributed by atoms with Crippen molar-refractivity contribution in [2.75, 3.05) is 19.5 Å². The highest BCUT2D eigenvalue weighted by atomic mass is 16.5. The largest absolute Gasteiger partial charge is 0.508 e. The Kier molecular flexibility index (Phi) is 5.48. The number of rotatable bonds is 6. The number of amides is 1.